The Kier molecular flexibility index (Phi) is 18.5. The van der Waals surface area contributed by atoms with Crippen LogP contribution in [0, 0.1) is 62.9 Å². The Morgan fingerprint density at radius 2 is 1.41 bits per heavy atom. The van der Waals surface area contributed by atoms with Gasteiger partial charge in [-0.25, -0.2) is 9.59 Å². The number of Topliss-reactive ketones (excluding diaryl/α,β-unsaturated/α-hetero) is 1. The molecule has 22 nitrogen and oxygen atoms in total. The number of rotatable bonds is 11. The molecule has 22 heteroatoms. The third-order valence-electron chi connectivity index (χ3n) is 20.4. The van der Waals surface area contributed by atoms with E-state index in [-0.39, 0.29) is 62.4 Å². The van der Waals surface area contributed by atoms with E-state index in [1.807, 2.05) is 39.8 Å². The molecule has 0 aromatic heterocycles. The van der Waals surface area contributed by atoms with Gasteiger partial charge in [-0.1, -0.05) is 70.6 Å². The van der Waals surface area contributed by atoms with Gasteiger partial charge in [0.05, 0.1) is 68.5 Å². The minimum absolute atomic E-state index is 0.0335. The van der Waals surface area contributed by atoms with Crippen molar-refractivity contribution in [3.05, 3.63) is 68.5 Å². The van der Waals surface area contributed by atoms with E-state index < -0.39 is 172 Å². The Morgan fingerprint density at radius 3 is 2.07 bits per heavy atom. The van der Waals surface area contributed by atoms with Crippen LogP contribution < -0.4 is 5.32 Å². The second-order valence-electron chi connectivity index (χ2n) is 26.0. The van der Waals surface area contributed by atoms with Crippen LogP contribution in [0.2, 0.25) is 0 Å². The first kappa shape index (κ1) is 63.1. The predicted molar refractivity (Wildman–Crippen MR) is 295 cm³/mol. The number of aliphatic hydroxyl groups excluding tert-OH is 4. The number of methoxy groups -OCH3 is 1. The minimum Gasteiger partial charge on any atom is -0.511 e. The summed E-state index contributed by atoms with van der Waals surface area (Å²) in [4.78, 5) is 67.6. The molecule has 6 fully saturated rings. The maximum atomic E-state index is 15.5. The number of nitrogens with one attached hydrogen (secondary N) is 1. The van der Waals surface area contributed by atoms with Crippen LogP contribution >= 0.6 is 0 Å². The summed E-state index contributed by atoms with van der Waals surface area (Å²) in [5.41, 5.74) is -3.73. The van der Waals surface area contributed by atoms with Gasteiger partial charge in [0.1, 0.15) is 35.9 Å². The number of hydrogen-bond donors (Lipinski definition) is 5. The van der Waals surface area contributed by atoms with Crippen molar-refractivity contribution in [2.24, 2.45) is 52.8 Å². The van der Waals surface area contributed by atoms with Crippen LogP contribution in [0.5, 0.6) is 0 Å². The quantitative estimate of drug-likeness (QED) is 0.0373. The van der Waals surface area contributed by atoms with Gasteiger partial charge in [0.15, 0.2) is 30.8 Å². The van der Waals surface area contributed by atoms with E-state index in [4.69, 9.17) is 47.4 Å². The largest absolute Gasteiger partial charge is 0.511 e. The van der Waals surface area contributed by atoms with Gasteiger partial charge in [-0.2, -0.15) is 0 Å². The van der Waals surface area contributed by atoms with E-state index in [1.54, 1.807) is 46.8 Å². The molecule has 0 aromatic rings. The number of nitrogens with zero attached hydrogens (tertiary/aromatic N) is 1. The second-order valence-corrected chi connectivity index (χ2v) is 26.0. The lowest BCUT2D eigenvalue weighted by molar-refractivity contribution is -0.584. The number of amides is 1. The molecule has 1 saturated carbocycles. The van der Waals surface area contributed by atoms with Crippen LogP contribution in [0.15, 0.2) is 58.4 Å². The van der Waals surface area contributed by atoms with Crippen molar-refractivity contribution in [2.45, 2.75) is 238 Å². The van der Waals surface area contributed by atoms with E-state index in [9.17, 15) is 44.9 Å². The molecular formula is C61H88N2O20. The molecule has 5 saturated heterocycles. The molecule has 4 aliphatic carbocycles. The van der Waals surface area contributed by atoms with Gasteiger partial charge in [0.25, 0.3) is 0 Å². The molecule has 0 unspecified atom stereocenters. The number of hydrogen-bond acceptors (Lipinski definition) is 20. The fraction of sp³-hybridized carbons (Fsp3) is 0.770. The van der Waals surface area contributed by atoms with Gasteiger partial charge in [-0.05, 0) is 89.2 Å². The van der Waals surface area contributed by atoms with Crippen LogP contribution in [0.3, 0.4) is 0 Å². The maximum absolute atomic E-state index is 15.5. The number of nitro groups is 1. The lowest BCUT2D eigenvalue weighted by Crippen LogP contribution is -2.65. The summed E-state index contributed by atoms with van der Waals surface area (Å²) in [6.45, 7) is 21.8. The Balaban J connectivity index is 1.02. The predicted octanol–water partition coefficient (Wildman–Crippen LogP) is 6.40. The van der Waals surface area contributed by atoms with Crippen molar-refractivity contribution >= 4 is 24.1 Å². The van der Waals surface area contributed by atoms with Crippen LogP contribution in [0.1, 0.15) is 128 Å². The fourth-order valence-electron chi connectivity index (χ4n) is 15.5. The Bertz CT molecular complexity index is 2610. The third kappa shape index (κ3) is 11.7. The minimum atomic E-state index is -1.87. The third-order valence-corrected chi connectivity index (χ3v) is 20.4. The average Bonchev–Trinajstić information content (AvgIpc) is 1.83. The molecule has 9 aliphatic rings. The highest BCUT2D eigenvalue weighted by atomic mass is 16.7. The number of carbonyl (C=O) groups is 4. The Labute approximate surface area is 485 Å². The van der Waals surface area contributed by atoms with Gasteiger partial charge in [-0.3, -0.25) is 19.7 Å². The lowest BCUT2D eigenvalue weighted by Gasteiger charge is -2.56. The highest BCUT2D eigenvalue weighted by Gasteiger charge is 2.64. The van der Waals surface area contributed by atoms with Crippen molar-refractivity contribution in [3.63, 3.8) is 0 Å². The van der Waals surface area contributed by atoms with Crippen LogP contribution in [0.4, 0.5) is 4.79 Å². The molecular weight excluding hydrogens is 1080 g/mol. The Morgan fingerprint density at radius 1 is 0.771 bits per heavy atom. The molecule has 9 rings (SSSR count). The number of carbonyl (C=O) groups excluding carboxylic acids is 4. The summed E-state index contributed by atoms with van der Waals surface area (Å²) in [7, 11) is 1.16. The lowest BCUT2D eigenvalue weighted by atomic mass is 9.49. The SMILES string of the molecule is COC(=O)N[C@H]1[C@@H](C)O[C@@H](O[C@H]2C/C=C(\C)[C@@H]3C=C[C@@H]4[C@@H](O[C@H]5C[C@@H](O[C@H]6C[C@H](O)[C@H](O[C@@H]7C[C@@H](O)[C@@H](C)[C@H](C)O7)[C@@H](C)O6)[C@@H](O)[C@H](C)O5)[C@@H](C)C[C@H](C)[C@H]4[C@]3(C)C(O)=C3C(=O)O[C@]4(C[C@@H](C)C(C=O)=C[C@H]4/C=C/2C)C3=O)C[C@]1(C)[N+](=O)[O-]. The monoisotopic (exact) mass is 1170 g/mol. The zero-order chi connectivity index (χ0) is 60.5. The van der Waals surface area contributed by atoms with E-state index in [0.717, 1.165) is 19.0 Å². The number of ketones is 1. The number of allylic oxidation sites excluding steroid dienone is 4. The van der Waals surface area contributed by atoms with Crippen molar-refractivity contribution in [3.8, 4) is 0 Å². The molecule has 1 spiro atoms. The smallest absolute Gasteiger partial charge is 0.407 e. The first-order valence-electron chi connectivity index (χ1n) is 29.7. The van der Waals surface area contributed by atoms with Gasteiger partial charge >= 0.3 is 12.1 Å². The number of fused-ring (bicyclic) bond motifs is 4. The summed E-state index contributed by atoms with van der Waals surface area (Å²) in [5.74, 6) is -5.44. The molecule has 2 bridgehead atoms. The molecule has 1 amide bonds. The highest BCUT2D eigenvalue weighted by Crippen LogP contribution is 2.61. The molecule has 5 aliphatic heterocycles. The summed E-state index contributed by atoms with van der Waals surface area (Å²) in [6, 6.07) is -1.09. The normalized spacial score (nSPS) is 48.8. The number of ether oxygens (including phenoxy) is 10. The number of aldehydes is 1. The maximum Gasteiger partial charge on any atom is 0.407 e. The average molecular weight is 1170 g/mol. The standard InChI is InChI=1S/C61H88N2O20/c1-27-14-17-43(79-48-25-59(11,63(72)73)54(36(10)78-48)62-58(71)74-13)28(2)19-38-20-37(26-64)31(5)24-61(38)56(69)49(57(70)83-61)55(68)60(12)40(27)16-15-39-50(60)29(3)18-30(4)52(39)81-47-23-44(51(67)34(8)76-47)80-45-22-42(66)53(35(9)77-45)82-46-21-41(65)32(6)33(7)75-46/h14-16,19-20,26,29-36,38-48,50-54,65-68H,17-18,21-25H2,1-13H3,(H,62,71)/b27-14+,28-19+,55-49?/t29-,30-,31+,32-,33-,34-,35+,36+,38+,39-,40-,41+,42-,43-,44+,45-,46+,47-,48-,50+,51-,52-,53+,54-,59-,60+,61-/m0/s1. The number of alkyl carbamates (subject to hydrolysis) is 1. The molecule has 5 N–H and O–H groups in total. The van der Waals surface area contributed by atoms with Crippen molar-refractivity contribution in [1.29, 1.82) is 0 Å². The number of aliphatic hydroxyl groups is 4. The topological polar surface area (TPSA) is 297 Å². The zero-order valence-corrected chi connectivity index (χ0v) is 50.0. The molecule has 0 radical (unpaired) electrons. The molecule has 0 aromatic carbocycles. The first-order valence-corrected chi connectivity index (χ1v) is 29.7. The molecule has 462 valence electrons. The summed E-state index contributed by atoms with van der Waals surface area (Å²) >= 11 is 0. The highest BCUT2D eigenvalue weighted by molar-refractivity contribution is 6.26. The Hall–Kier alpha value is -4.46. The van der Waals surface area contributed by atoms with E-state index in [0.29, 0.717) is 17.6 Å². The number of esters is 1. The van der Waals surface area contributed by atoms with Crippen molar-refractivity contribution < 1.29 is 91.9 Å². The van der Waals surface area contributed by atoms with E-state index >= 15 is 4.79 Å². The molecule has 5 heterocycles. The summed E-state index contributed by atoms with van der Waals surface area (Å²) in [6.07, 6.45) is -1.91. The van der Waals surface area contributed by atoms with Gasteiger partial charge in [0.2, 0.25) is 11.3 Å². The van der Waals surface area contributed by atoms with Gasteiger partial charge in [-0.15, -0.1) is 0 Å². The summed E-state index contributed by atoms with van der Waals surface area (Å²) < 4.78 is 62.5. The van der Waals surface area contributed by atoms with Crippen molar-refractivity contribution in [2.75, 3.05) is 7.11 Å². The second kappa shape index (κ2) is 24.4. The van der Waals surface area contributed by atoms with Crippen LogP contribution in [0.25, 0.3) is 0 Å². The molecule has 83 heavy (non-hydrogen) atoms. The van der Waals surface area contributed by atoms with Crippen LogP contribution in [-0.4, -0.2) is 166 Å². The molecule has 27 atom stereocenters. The van der Waals surface area contributed by atoms with Gasteiger partial charge in [0, 0.05) is 66.6 Å². The van der Waals surface area contributed by atoms with Gasteiger partial charge < -0.3 is 73.1 Å². The van der Waals surface area contributed by atoms with E-state index in [2.05, 4.69) is 25.2 Å². The van der Waals surface area contributed by atoms with Crippen molar-refractivity contribution in [1.82, 2.24) is 5.32 Å². The summed E-state index contributed by atoms with van der Waals surface area (Å²) in [5, 5.41) is 62.1. The fourth-order valence-corrected chi connectivity index (χ4v) is 15.5. The van der Waals surface area contributed by atoms with Crippen LogP contribution in [-0.2, 0) is 61.8 Å². The zero-order valence-electron chi connectivity index (χ0n) is 50.0. The van der Waals surface area contributed by atoms with E-state index in [1.165, 1.54) is 6.92 Å². The first-order chi connectivity index (χ1) is 39.1.